The van der Waals surface area contributed by atoms with Crippen LogP contribution in [0.25, 0.3) is 21.7 Å². The zero-order chi connectivity index (χ0) is 20.5. The fourth-order valence-electron chi connectivity index (χ4n) is 4.53. The summed E-state index contributed by atoms with van der Waals surface area (Å²) < 4.78 is 17.1. The molecule has 2 aromatic carbocycles. The summed E-state index contributed by atoms with van der Waals surface area (Å²) in [5, 5.41) is 3.06. The van der Waals surface area contributed by atoms with Crippen molar-refractivity contribution in [2.45, 2.75) is 25.2 Å². The summed E-state index contributed by atoms with van der Waals surface area (Å²) in [6.45, 7) is 5.00. The lowest BCUT2D eigenvalue weighted by molar-refractivity contribution is -0.130. The molecule has 1 atom stereocenters. The molecule has 156 valence electrons. The number of fused-ring (bicyclic) bond motifs is 3. The van der Waals surface area contributed by atoms with E-state index in [1.165, 1.54) is 0 Å². The van der Waals surface area contributed by atoms with Crippen LogP contribution in [0.4, 0.5) is 0 Å². The fourth-order valence-corrected chi connectivity index (χ4v) is 4.53. The van der Waals surface area contributed by atoms with Crippen LogP contribution in [0.5, 0.6) is 5.75 Å². The molecule has 0 radical (unpaired) electrons. The Morgan fingerprint density at radius 1 is 1.10 bits per heavy atom. The van der Waals surface area contributed by atoms with Gasteiger partial charge in [0.05, 0.1) is 25.9 Å². The Labute approximate surface area is 174 Å². The summed E-state index contributed by atoms with van der Waals surface area (Å²) in [5.41, 5.74) is 1.66. The van der Waals surface area contributed by atoms with Gasteiger partial charge in [0.2, 0.25) is 0 Å². The van der Waals surface area contributed by atoms with Crippen LogP contribution in [0, 0.1) is 0 Å². The zero-order valence-corrected chi connectivity index (χ0v) is 16.9. The Bertz CT molecular complexity index is 1100. The summed E-state index contributed by atoms with van der Waals surface area (Å²) in [4.78, 5) is 26.5. The number of carbonyl (C=O) groups is 2. The molecule has 2 heterocycles. The number of carbonyl (C=O) groups excluding carboxylic acids is 2. The molecule has 3 aromatic rings. The van der Waals surface area contributed by atoms with Crippen molar-refractivity contribution >= 4 is 33.3 Å². The Kier molecular flexibility index (Phi) is 5.27. The van der Waals surface area contributed by atoms with Crippen LogP contribution in [0.1, 0.15) is 30.7 Å². The van der Waals surface area contributed by atoms with Crippen molar-refractivity contribution < 1.29 is 23.5 Å². The van der Waals surface area contributed by atoms with Crippen molar-refractivity contribution in [1.82, 2.24) is 4.90 Å². The van der Waals surface area contributed by atoms with E-state index in [2.05, 4.69) is 4.90 Å². The van der Waals surface area contributed by atoms with Gasteiger partial charge in [-0.15, -0.1) is 0 Å². The van der Waals surface area contributed by atoms with E-state index in [9.17, 15) is 9.59 Å². The number of ether oxygens (including phenoxy) is 2. The van der Waals surface area contributed by atoms with E-state index in [1.807, 2.05) is 30.3 Å². The second-order valence-corrected chi connectivity index (χ2v) is 8.09. The molecule has 1 saturated carbocycles. The van der Waals surface area contributed by atoms with Crippen molar-refractivity contribution in [3.63, 3.8) is 0 Å². The topological polar surface area (TPSA) is 69.0 Å². The second-order valence-electron chi connectivity index (χ2n) is 8.09. The van der Waals surface area contributed by atoms with E-state index in [1.54, 1.807) is 6.26 Å². The molecule has 2 fully saturated rings. The van der Waals surface area contributed by atoms with Crippen LogP contribution < -0.4 is 4.74 Å². The van der Waals surface area contributed by atoms with Gasteiger partial charge in [0.25, 0.3) is 0 Å². The van der Waals surface area contributed by atoms with E-state index in [4.69, 9.17) is 13.9 Å². The van der Waals surface area contributed by atoms with Crippen LogP contribution in [-0.4, -0.2) is 55.9 Å². The number of Topliss-reactive ketones (excluding diaryl/α,β-unsaturated/α-hetero) is 2. The van der Waals surface area contributed by atoms with Gasteiger partial charge < -0.3 is 13.9 Å². The SMILES string of the molecule is O=C1CC[C@@H](c2coc3ccc4cc(OCCN5CCOCC5)ccc4c23)C(=O)C1. The predicted octanol–water partition coefficient (Wildman–Crippen LogP) is 3.70. The van der Waals surface area contributed by atoms with Crippen LogP contribution in [0.3, 0.4) is 0 Å². The summed E-state index contributed by atoms with van der Waals surface area (Å²) in [6.07, 6.45) is 2.73. The molecule has 30 heavy (non-hydrogen) atoms. The highest BCUT2D eigenvalue weighted by atomic mass is 16.5. The molecule has 5 rings (SSSR count). The highest BCUT2D eigenvalue weighted by molar-refractivity contribution is 6.11. The van der Waals surface area contributed by atoms with Crippen molar-refractivity contribution in [1.29, 1.82) is 0 Å². The summed E-state index contributed by atoms with van der Waals surface area (Å²) in [5.74, 6) is 0.597. The Morgan fingerprint density at radius 2 is 1.97 bits per heavy atom. The van der Waals surface area contributed by atoms with Gasteiger partial charge in [0, 0.05) is 42.9 Å². The molecule has 0 spiro atoms. The van der Waals surface area contributed by atoms with Gasteiger partial charge in [0.15, 0.2) is 0 Å². The lowest BCUT2D eigenvalue weighted by Crippen LogP contribution is -2.38. The number of rotatable bonds is 5. The molecule has 1 aliphatic heterocycles. The highest BCUT2D eigenvalue weighted by Gasteiger charge is 2.31. The average molecular weight is 407 g/mol. The molecule has 1 aliphatic carbocycles. The van der Waals surface area contributed by atoms with Crippen LogP contribution in [0.2, 0.25) is 0 Å². The Morgan fingerprint density at radius 3 is 2.80 bits per heavy atom. The third-order valence-corrected chi connectivity index (χ3v) is 6.18. The van der Waals surface area contributed by atoms with Crippen molar-refractivity contribution in [2.24, 2.45) is 0 Å². The number of benzene rings is 2. The second kappa shape index (κ2) is 8.20. The minimum absolute atomic E-state index is 0.00554. The number of ketones is 2. The normalized spacial score (nSPS) is 20.9. The number of furan rings is 1. The maximum Gasteiger partial charge on any atom is 0.147 e. The van der Waals surface area contributed by atoms with E-state index >= 15 is 0 Å². The van der Waals surface area contributed by atoms with E-state index in [0.29, 0.717) is 19.4 Å². The van der Waals surface area contributed by atoms with Crippen molar-refractivity contribution in [2.75, 3.05) is 39.5 Å². The molecule has 1 aromatic heterocycles. The summed E-state index contributed by atoms with van der Waals surface area (Å²) in [6, 6.07) is 10.0. The van der Waals surface area contributed by atoms with Crippen molar-refractivity contribution in [3.8, 4) is 5.75 Å². The highest BCUT2D eigenvalue weighted by Crippen LogP contribution is 2.38. The van der Waals surface area contributed by atoms with Gasteiger partial charge in [-0.25, -0.2) is 0 Å². The zero-order valence-electron chi connectivity index (χ0n) is 16.9. The number of morpholine rings is 1. The number of nitrogens with zero attached hydrogens (tertiary/aromatic N) is 1. The quantitative estimate of drug-likeness (QED) is 0.601. The van der Waals surface area contributed by atoms with Gasteiger partial charge in [-0.3, -0.25) is 14.5 Å². The molecular weight excluding hydrogens is 382 g/mol. The molecule has 2 aliphatic rings. The summed E-state index contributed by atoms with van der Waals surface area (Å²) >= 11 is 0. The minimum Gasteiger partial charge on any atom is -0.492 e. The van der Waals surface area contributed by atoms with Crippen LogP contribution in [-0.2, 0) is 14.3 Å². The van der Waals surface area contributed by atoms with E-state index in [0.717, 1.165) is 65.9 Å². The molecule has 0 unspecified atom stereocenters. The monoisotopic (exact) mass is 407 g/mol. The lowest BCUT2D eigenvalue weighted by atomic mass is 9.81. The smallest absolute Gasteiger partial charge is 0.147 e. The average Bonchev–Trinajstić information content (AvgIpc) is 3.19. The van der Waals surface area contributed by atoms with E-state index in [-0.39, 0.29) is 23.9 Å². The van der Waals surface area contributed by atoms with Gasteiger partial charge in [-0.1, -0.05) is 6.07 Å². The van der Waals surface area contributed by atoms with Crippen LogP contribution >= 0.6 is 0 Å². The Hall–Kier alpha value is -2.70. The fraction of sp³-hybridized carbons (Fsp3) is 0.417. The summed E-state index contributed by atoms with van der Waals surface area (Å²) in [7, 11) is 0. The lowest BCUT2D eigenvalue weighted by Gasteiger charge is -2.26. The van der Waals surface area contributed by atoms with Crippen LogP contribution in [0.15, 0.2) is 41.0 Å². The maximum absolute atomic E-state index is 12.5. The third-order valence-electron chi connectivity index (χ3n) is 6.18. The molecule has 6 heteroatoms. The standard InChI is InChI=1S/C24H25NO5/c26-17-2-4-20(22(27)14-17)21-15-30-23-6-1-16-13-18(3-5-19(16)24(21)23)29-12-9-25-7-10-28-11-8-25/h1,3,5-6,13,15,20H,2,4,7-12,14H2/t20-/m0/s1. The largest absolute Gasteiger partial charge is 0.492 e. The third kappa shape index (κ3) is 3.73. The van der Waals surface area contributed by atoms with Gasteiger partial charge in [-0.05, 0) is 41.5 Å². The molecule has 6 nitrogen and oxygen atoms in total. The molecule has 0 N–H and O–H groups in total. The Balaban J connectivity index is 1.39. The molecule has 1 saturated heterocycles. The van der Waals surface area contributed by atoms with Gasteiger partial charge in [-0.2, -0.15) is 0 Å². The number of hydrogen-bond donors (Lipinski definition) is 0. The van der Waals surface area contributed by atoms with Crippen molar-refractivity contribution in [3.05, 3.63) is 42.2 Å². The van der Waals surface area contributed by atoms with E-state index < -0.39 is 0 Å². The first-order valence-corrected chi connectivity index (χ1v) is 10.6. The predicted molar refractivity (Wildman–Crippen MR) is 113 cm³/mol. The maximum atomic E-state index is 12.5. The first kappa shape index (κ1) is 19.3. The molecule has 0 bridgehead atoms. The molecule has 0 amide bonds. The number of hydrogen-bond acceptors (Lipinski definition) is 6. The van der Waals surface area contributed by atoms with Gasteiger partial charge >= 0.3 is 0 Å². The van der Waals surface area contributed by atoms with Gasteiger partial charge in [0.1, 0.15) is 29.5 Å². The first-order chi connectivity index (χ1) is 14.7. The molecular formula is C24H25NO5. The first-order valence-electron chi connectivity index (χ1n) is 10.6. The minimum atomic E-state index is -0.265.